The van der Waals surface area contributed by atoms with Crippen molar-refractivity contribution in [1.29, 1.82) is 0 Å². The SMILES string of the molecule is CC(C)(CN)C(=O)NCCc1cccnc1.Cl.Cl. The zero-order valence-corrected chi connectivity index (χ0v) is 12.3. The molecule has 0 atom stereocenters. The second-order valence-corrected chi connectivity index (χ2v) is 4.46. The maximum absolute atomic E-state index is 11.7. The zero-order chi connectivity index (χ0) is 12.0. The lowest BCUT2D eigenvalue weighted by Crippen LogP contribution is -2.42. The van der Waals surface area contributed by atoms with Gasteiger partial charge in [0.15, 0.2) is 0 Å². The molecular weight excluding hydrogens is 273 g/mol. The van der Waals surface area contributed by atoms with Gasteiger partial charge in [0.05, 0.1) is 5.41 Å². The Morgan fingerprint density at radius 3 is 2.61 bits per heavy atom. The molecule has 0 aliphatic carbocycles. The standard InChI is InChI=1S/C12H19N3O.2ClH/c1-12(2,9-13)11(16)15-7-5-10-4-3-6-14-8-10;;/h3-4,6,8H,5,7,9,13H2,1-2H3,(H,15,16);2*1H. The normalized spacial score (nSPS) is 9.94. The summed E-state index contributed by atoms with van der Waals surface area (Å²) < 4.78 is 0. The molecule has 1 heterocycles. The molecule has 1 aromatic heterocycles. The molecule has 0 saturated heterocycles. The van der Waals surface area contributed by atoms with Crippen LogP contribution in [0.3, 0.4) is 0 Å². The van der Waals surface area contributed by atoms with Crippen molar-refractivity contribution in [3.05, 3.63) is 30.1 Å². The van der Waals surface area contributed by atoms with E-state index in [1.54, 1.807) is 12.4 Å². The van der Waals surface area contributed by atoms with Crippen LogP contribution in [0.2, 0.25) is 0 Å². The number of nitrogens with one attached hydrogen (secondary N) is 1. The third-order valence-corrected chi connectivity index (χ3v) is 2.55. The van der Waals surface area contributed by atoms with E-state index in [-0.39, 0.29) is 30.7 Å². The molecule has 0 unspecified atom stereocenters. The Hall–Kier alpha value is -0.840. The second kappa shape index (κ2) is 9.14. The average molecular weight is 294 g/mol. The Labute approximate surface area is 121 Å². The first-order valence-corrected chi connectivity index (χ1v) is 5.43. The van der Waals surface area contributed by atoms with Gasteiger partial charge in [-0.05, 0) is 31.9 Å². The fourth-order valence-corrected chi connectivity index (χ4v) is 1.20. The van der Waals surface area contributed by atoms with Crippen molar-refractivity contribution in [2.24, 2.45) is 11.1 Å². The monoisotopic (exact) mass is 293 g/mol. The van der Waals surface area contributed by atoms with Gasteiger partial charge in [-0.1, -0.05) is 6.07 Å². The Balaban J connectivity index is 0. The van der Waals surface area contributed by atoms with E-state index in [0.29, 0.717) is 13.1 Å². The Morgan fingerprint density at radius 1 is 1.44 bits per heavy atom. The quantitative estimate of drug-likeness (QED) is 0.866. The summed E-state index contributed by atoms with van der Waals surface area (Å²) in [6, 6.07) is 3.88. The van der Waals surface area contributed by atoms with Crippen LogP contribution in [0.4, 0.5) is 0 Å². The van der Waals surface area contributed by atoms with E-state index in [2.05, 4.69) is 10.3 Å². The lowest BCUT2D eigenvalue weighted by Gasteiger charge is -2.21. The van der Waals surface area contributed by atoms with Crippen molar-refractivity contribution < 1.29 is 4.79 Å². The first-order valence-electron chi connectivity index (χ1n) is 5.43. The van der Waals surface area contributed by atoms with Crippen LogP contribution in [0.25, 0.3) is 0 Å². The molecule has 0 aliphatic rings. The van der Waals surface area contributed by atoms with Crippen molar-refractivity contribution >= 4 is 30.7 Å². The zero-order valence-electron chi connectivity index (χ0n) is 10.7. The highest BCUT2D eigenvalue weighted by Gasteiger charge is 2.24. The highest BCUT2D eigenvalue weighted by atomic mass is 35.5. The third-order valence-electron chi connectivity index (χ3n) is 2.55. The van der Waals surface area contributed by atoms with Crippen LogP contribution in [0.5, 0.6) is 0 Å². The number of hydrogen-bond acceptors (Lipinski definition) is 3. The van der Waals surface area contributed by atoms with Gasteiger partial charge in [-0.15, -0.1) is 24.8 Å². The van der Waals surface area contributed by atoms with E-state index < -0.39 is 5.41 Å². The van der Waals surface area contributed by atoms with E-state index in [1.165, 1.54) is 0 Å². The van der Waals surface area contributed by atoms with Gasteiger partial charge < -0.3 is 11.1 Å². The van der Waals surface area contributed by atoms with Crippen LogP contribution in [0.1, 0.15) is 19.4 Å². The second-order valence-electron chi connectivity index (χ2n) is 4.46. The van der Waals surface area contributed by atoms with Crippen LogP contribution in [0, 0.1) is 5.41 Å². The molecule has 0 aromatic carbocycles. The number of aromatic nitrogens is 1. The molecule has 104 valence electrons. The van der Waals surface area contributed by atoms with Gasteiger partial charge in [0.1, 0.15) is 0 Å². The first-order chi connectivity index (χ1) is 7.56. The summed E-state index contributed by atoms with van der Waals surface area (Å²) in [7, 11) is 0. The van der Waals surface area contributed by atoms with Crippen LogP contribution in [-0.2, 0) is 11.2 Å². The molecule has 0 radical (unpaired) electrons. The predicted octanol–water partition coefficient (Wildman–Crippen LogP) is 1.57. The lowest BCUT2D eigenvalue weighted by molar-refractivity contribution is -0.128. The van der Waals surface area contributed by atoms with E-state index in [1.807, 2.05) is 26.0 Å². The minimum Gasteiger partial charge on any atom is -0.355 e. The smallest absolute Gasteiger partial charge is 0.226 e. The summed E-state index contributed by atoms with van der Waals surface area (Å²) >= 11 is 0. The van der Waals surface area contributed by atoms with Crippen LogP contribution >= 0.6 is 24.8 Å². The number of carbonyl (C=O) groups excluding carboxylic acids is 1. The first kappa shape index (κ1) is 19.5. The maximum atomic E-state index is 11.7. The van der Waals surface area contributed by atoms with Crippen molar-refractivity contribution in [2.45, 2.75) is 20.3 Å². The van der Waals surface area contributed by atoms with E-state index in [9.17, 15) is 4.79 Å². The summed E-state index contributed by atoms with van der Waals surface area (Å²) in [5.41, 5.74) is 6.15. The molecule has 4 nitrogen and oxygen atoms in total. The number of halogens is 2. The Morgan fingerprint density at radius 2 is 2.11 bits per heavy atom. The number of rotatable bonds is 5. The van der Waals surface area contributed by atoms with Gasteiger partial charge in [-0.2, -0.15) is 0 Å². The molecule has 0 saturated carbocycles. The number of nitrogens with zero attached hydrogens (tertiary/aromatic N) is 1. The highest BCUT2D eigenvalue weighted by Crippen LogP contribution is 2.11. The van der Waals surface area contributed by atoms with Crippen LogP contribution in [-0.4, -0.2) is 24.0 Å². The molecule has 6 heteroatoms. The number of amides is 1. The number of carbonyl (C=O) groups is 1. The predicted molar refractivity (Wildman–Crippen MR) is 78.3 cm³/mol. The largest absolute Gasteiger partial charge is 0.355 e. The van der Waals surface area contributed by atoms with Crippen molar-refractivity contribution in [2.75, 3.05) is 13.1 Å². The van der Waals surface area contributed by atoms with Gasteiger partial charge in [-0.25, -0.2) is 0 Å². The highest BCUT2D eigenvalue weighted by molar-refractivity contribution is 5.85. The summed E-state index contributed by atoms with van der Waals surface area (Å²) in [4.78, 5) is 15.7. The number of hydrogen-bond donors (Lipinski definition) is 2. The van der Waals surface area contributed by atoms with Crippen molar-refractivity contribution in [3.63, 3.8) is 0 Å². The molecule has 1 aromatic rings. The molecule has 1 rings (SSSR count). The fourth-order valence-electron chi connectivity index (χ4n) is 1.20. The van der Waals surface area contributed by atoms with E-state index >= 15 is 0 Å². The van der Waals surface area contributed by atoms with E-state index in [0.717, 1.165) is 12.0 Å². The third kappa shape index (κ3) is 6.19. The van der Waals surface area contributed by atoms with Crippen molar-refractivity contribution in [1.82, 2.24) is 10.3 Å². The molecule has 0 aliphatic heterocycles. The summed E-state index contributed by atoms with van der Waals surface area (Å²) in [6.45, 7) is 4.65. The van der Waals surface area contributed by atoms with Gasteiger partial charge in [-0.3, -0.25) is 9.78 Å². The minimum atomic E-state index is -0.491. The van der Waals surface area contributed by atoms with Gasteiger partial charge in [0.25, 0.3) is 0 Å². The summed E-state index contributed by atoms with van der Waals surface area (Å²) in [6.07, 6.45) is 4.33. The topological polar surface area (TPSA) is 68.0 Å². The molecular formula is C12H21Cl2N3O. The fraction of sp³-hybridized carbons (Fsp3) is 0.500. The molecule has 18 heavy (non-hydrogen) atoms. The molecule has 3 N–H and O–H groups in total. The van der Waals surface area contributed by atoms with Crippen LogP contribution in [0.15, 0.2) is 24.5 Å². The maximum Gasteiger partial charge on any atom is 0.226 e. The molecule has 0 fully saturated rings. The lowest BCUT2D eigenvalue weighted by atomic mass is 9.93. The Kier molecular flexibility index (Phi) is 9.90. The molecule has 1 amide bonds. The average Bonchev–Trinajstić information content (AvgIpc) is 2.30. The molecule has 0 spiro atoms. The van der Waals surface area contributed by atoms with Crippen LogP contribution < -0.4 is 11.1 Å². The summed E-state index contributed by atoms with van der Waals surface area (Å²) in [5.74, 6) is -0.00103. The van der Waals surface area contributed by atoms with E-state index in [4.69, 9.17) is 5.73 Å². The van der Waals surface area contributed by atoms with Gasteiger partial charge in [0.2, 0.25) is 5.91 Å². The summed E-state index contributed by atoms with van der Waals surface area (Å²) in [5, 5.41) is 2.88. The van der Waals surface area contributed by atoms with Gasteiger partial charge >= 0.3 is 0 Å². The molecule has 0 bridgehead atoms. The number of pyridine rings is 1. The Bertz CT molecular complexity index is 344. The number of nitrogens with two attached hydrogens (primary N) is 1. The van der Waals surface area contributed by atoms with Crippen molar-refractivity contribution in [3.8, 4) is 0 Å². The minimum absolute atomic E-state index is 0. The van der Waals surface area contributed by atoms with Gasteiger partial charge in [0, 0.05) is 25.5 Å².